The topological polar surface area (TPSA) is 61.2 Å². The van der Waals surface area contributed by atoms with Gasteiger partial charge in [0.1, 0.15) is 11.7 Å². The predicted molar refractivity (Wildman–Crippen MR) is 171 cm³/mol. The monoisotopic (exact) mass is 598 g/mol. The second kappa shape index (κ2) is 12.4. The zero-order valence-electron chi connectivity index (χ0n) is 25.9. The standard InChI is InChI=1S/C31H47FN8OS/c1-8-10-31(6,32)30-34-26(38-20-25(21-38)36-12-14-37(15-13-36)28(41)9-2)17-27(35(30)7)39-18-22(3)40(23(4)19-39)29-24(5)33-11-16-42-29/h8-9,11,17,22-23,25,30H,1-2,10,12-16,18-21H2,3-7H3. The Labute approximate surface area is 255 Å². The van der Waals surface area contributed by atoms with E-state index in [-0.39, 0.29) is 24.4 Å². The molecule has 1 amide bonds. The third-order valence-electron chi connectivity index (χ3n) is 9.19. The number of rotatable bonds is 7. The lowest BCUT2D eigenvalue weighted by molar-refractivity contribution is -0.128. The Kier molecular flexibility index (Phi) is 9.08. The second-order valence-corrected chi connectivity index (χ2v) is 13.4. The number of aliphatic imine (C=N–C) groups is 2. The highest BCUT2D eigenvalue weighted by Crippen LogP contribution is 2.37. The molecule has 5 rings (SSSR count). The van der Waals surface area contributed by atoms with Crippen molar-refractivity contribution in [3.05, 3.63) is 47.9 Å². The summed E-state index contributed by atoms with van der Waals surface area (Å²) < 4.78 is 16.2. The van der Waals surface area contributed by atoms with Crippen molar-refractivity contribution in [3.63, 3.8) is 0 Å². The van der Waals surface area contributed by atoms with Crippen LogP contribution in [-0.4, -0.2) is 142 Å². The maximum absolute atomic E-state index is 16.2. The number of carbonyl (C=O) groups excluding carboxylic acids is 1. The Bertz CT molecular complexity index is 1170. The van der Waals surface area contributed by atoms with Crippen molar-refractivity contribution in [3.8, 4) is 0 Å². The highest BCUT2D eigenvalue weighted by atomic mass is 32.2. The summed E-state index contributed by atoms with van der Waals surface area (Å²) in [6.45, 7) is 22.3. The van der Waals surface area contributed by atoms with Crippen molar-refractivity contribution in [2.24, 2.45) is 9.98 Å². The van der Waals surface area contributed by atoms with Crippen LogP contribution in [0, 0.1) is 0 Å². The first kappa shape index (κ1) is 30.7. The molecule has 0 radical (unpaired) electrons. The maximum atomic E-state index is 16.2. The summed E-state index contributed by atoms with van der Waals surface area (Å²) in [6.07, 6.45) is 6.79. The van der Waals surface area contributed by atoms with Gasteiger partial charge in [-0.1, -0.05) is 12.7 Å². The van der Waals surface area contributed by atoms with E-state index in [0.29, 0.717) is 6.04 Å². The number of hydrogen-bond donors (Lipinski definition) is 0. The van der Waals surface area contributed by atoms with Crippen molar-refractivity contribution in [2.45, 2.75) is 64.1 Å². The van der Waals surface area contributed by atoms with Crippen LogP contribution >= 0.6 is 11.8 Å². The minimum absolute atomic E-state index is 0.00500. The lowest BCUT2D eigenvalue weighted by Gasteiger charge is -2.53. The maximum Gasteiger partial charge on any atom is 0.246 e. The molecule has 5 heterocycles. The van der Waals surface area contributed by atoms with Crippen molar-refractivity contribution >= 4 is 29.7 Å². The molecule has 3 saturated heterocycles. The van der Waals surface area contributed by atoms with Gasteiger partial charge in [-0.15, -0.1) is 18.3 Å². The highest BCUT2D eigenvalue weighted by molar-refractivity contribution is 8.03. The minimum Gasteiger partial charge on any atom is -0.356 e. The Balaban J connectivity index is 1.32. The number of likely N-dealkylation sites (tertiary alicyclic amines) is 1. The van der Waals surface area contributed by atoms with Crippen LogP contribution in [0.15, 0.2) is 57.9 Å². The average Bonchev–Trinajstić information content (AvgIpc) is 2.93. The number of allylic oxidation sites excluding steroid dienone is 2. The molecular formula is C31H47FN8OS. The molecule has 0 spiro atoms. The van der Waals surface area contributed by atoms with Gasteiger partial charge >= 0.3 is 0 Å². The summed E-state index contributed by atoms with van der Waals surface area (Å²) in [7, 11) is 1.97. The Morgan fingerprint density at radius 3 is 2.38 bits per heavy atom. The fourth-order valence-electron chi connectivity index (χ4n) is 6.94. The van der Waals surface area contributed by atoms with E-state index in [0.717, 1.165) is 75.5 Å². The molecule has 0 saturated carbocycles. The van der Waals surface area contributed by atoms with Crippen molar-refractivity contribution < 1.29 is 9.18 Å². The van der Waals surface area contributed by atoms with E-state index in [1.807, 2.05) is 34.8 Å². The number of alkyl halides is 1. The molecule has 0 aromatic heterocycles. The number of amides is 1. The third kappa shape index (κ3) is 6.00. The van der Waals surface area contributed by atoms with E-state index >= 15 is 4.39 Å². The number of amidine groups is 1. The smallest absolute Gasteiger partial charge is 0.246 e. The minimum atomic E-state index is -1.56. The molecule has 4 atom stereocenters. The SMILES string of the molecule is C=CCC(C)(F)C1N=C(N2CC(N3CCN(C(=O)C=C)CC3)C2)C=C(N2CC(C)N(C3=C(C)N=CCS3)C(C)C2)N1C. The number of hydrogen-bond acceptors (Lipinski definition) is 9. The van der Waals surface area contributed by atoms with E-state index in [1.54, 1.807) is 13.0 Å². The van der Waals surface area contributed by atoms with Crippen LogP contribution in [0.2, 0.25) is 0 Å². The Morgan fingerprint density at radius 2 is 1.79 bits per heavy atom. The van der Waals surface area contributed by atoms with Crippen LogP contribution in [0.25, 0.3) is 0 Å². The average molecular weight is 599 g/mol. The van der Waals surface area contributed by atoms with E-state index in [4.69, 9.17) is 4.99 Å². The van der Waals surface area contributed by atoms with Gasteiger partial charge in [0.2, 0.25) is 5.91 Å². The van der Waals surface area contributed by atoms with Crippen molar-refractivity contribution in [2.75, 3.05) is 65.2 Å². The summed E-state index contributed by atoms with van der Waals surface area (Å²) in [5, 5.41) is 1.27. The van der Waals surface area contributed by atoms with Crippen LogP contribution in [0.3, 0.4) is 0 Å². The van der Waals surface area contributed by atoms with E-state index in [1.165, 1.54) is 11.1 Å². The van der Waals surface area contributed by atoms with Gasteiger partial charge in [-0.05, 0) is 33.8 Å². The molecule has 4 unspecified atom stereocenters. The summed E-state index contributed by atoms with van der Waals surface area (Å²) in [5.74, 6) is 2.79. The summed E-state index contributed by atoms with van der Waals surface area (Å²) >= 11 is 1.86. The first-order valence-electron chi connectivity index (χ1n) is 15.2. The fourth-order valence-corrected chi connectivity index (χ4v) is 8.01. The lowest BCUT2D eigenvalue weighted by Crippen LogP contribution is -2.65. The van der Waals surface area contributed by atoms with Crippen LogP contribution in [-0.2, 0) is 4.79 Å². The molecule has 0 aliphatic carbocycles. The number of halogens is 1. The van der Waals surface area contributed by atoms with Gasteiger partial charge in [0, 0.05) is 102 Å². The molecule has 230 valence electrons. The van der Waals surface area contributed by atoms with Crippen LogP contribution in [0.1, 0.15) is 34.1 Å². The van der Waals surface area contributed by atoms with Gasteiger partial charge in [0.25, 0.3) is 0 Å². The zero-order valence-corrected chi connectivity index (χ0v) is 26.7. The van der Waals surface area contributed by atoms with Crippen molar-refractivity contribution in [1.29, 1.82) is 0 Å². The van der Waals surface area contributed by atoms with Gasteiger partial charge in [-0.25, -0.2) is 9.38 Å². The normalized spacial score (nSPS) is 29.2. The third-order valence-corrected chi connectivity index (χ3v) is 10.3. The molecule has 42 heavy (non-hydrogen) atoms. The predicted octanol–water partition coefficient (Wildman–Crippen LogP) is 3.22. The van der Waals surface area contributed by atoms with Gasteiger partial charge < -0.3 is 24.5 Å². The van der Waals surface area contributed by atoms with E-state index in [2.05, 4.69) is 64.6 Å². The van der Waals surface area contributed by atoms with Gasteiger partial charge in [-0.2, -0.15) is 0 Å². The number of carbonyl (C=O) groups is 1. The van der Waals surface area contributed by atoms with Gasteiger partial charge in [0.05, 0.1) is 10.7 Å². The number of thioether (sulfide) groups is 1. The summed E-state index contributed by atoms with van der Waals surface area (Å²) in [4.78, 5) is 35.2. The molecule has 3 fully saturated rings. The second-order valence-electron chi connectivity index (χ2n) is 12.4. The Morgan fingerprint density at radius 1 is 1.12 bits per heavy atom. The highest BCUT2D eigenvalue weighted by Gasteiger charge is 2.44. The molecule has 0 bridgehead atoms. The summed E-state index contributed by atoms with van der Waals surface area (Å²) in [5.41, 5.74) is -0.474. The van der Waals surface area contributed by atoms with E-state index < -0.39 is 11.8 Å². The first-order chi connectivity index (χ1) is 20.0. The van der Waals surface area contributed by atoms with Crippen molar-refractivity contribution in [1.82, 2.24) is 29.4 Å². The quantitative estimate of drug-likeness (QED) is 0.330. The summed E-state index contributed by atoms with van der Waals surface area (Å²) in [6, 6.07) is 0.961. The molecule has 9 nitrogen and oxygen atoms in total. The van der Waals surface area contributed by atoms with Crippen LogP contribution < -0.4 is 0 Å². The molecular weight excluding hydrogens is 551 g/mol. The largest absolute Gasteiger partial charge is 0.356 e. The van der Waals surface area contributed by atoms with Crippen LogP contribution in [0.4, 0.5) is 4.39 Å². The molecule has 0 aromatic rings. The lowest BCUT2D eigenvalue weighted by atomic mass is 9.98. The molecule has 5 aliphatic heterocycles. The molecule has 5 aliphatic rings. The zero-order chi connectivity index (χ0) is 30.2. The molecule has 11 heteroatoms. The molecule has 0 N–H and O–H groups in total. The van der Waals surface area contributed by atoms with E-state index in [9.17, 15) is 4.79 Å². The number of piperazine rings is 2. The van der Waals surface area contributed by atoms with Crippen LogP contribution in [0.5, 0.6) is 0 Å². The Hall–Kier alpha value is -2.79. The van der Waals surface area contributed by atoms with Gasteiger partial charge in [0.15, 0.2) is 11.8 Å². The first-order valence-corrected chi connectivity index (χ1v) is 16.1. The molecule has 0 aromatic carbocycles. The van der Waals surface area contributed by atoms with Gasteiger partial charge in [-0.3, -0.25) is 14.7 Å². The number of nitrogens with zero attached hydrogens (tertiary/aromatic N) is 8. The fraction of sp³-hybridized carbons (Fsp3) is 0.645.